The van der Waals surface area contributed by atoms with Gasteiger partial charge >= 0.3 is 0 Å². The third kappa shape index (κ3) is 4.45. The molecule has 6 heteroatoms. The quantitative estimate of drug-likeness (QED) is 0.614. The molecule has 0 fully saturated rings. The van der Waals surface area contributed by atoms with Crippen LogP contribution in [0.5, 0.6) is 0 Å². The molecule has 0 atom stereocenters. The van der Waals surface area contributed by atoms with Gasteiger partial charge in [-0.2, -0.15) is 0 Å². The van der Waals surface area contributed by atoms with Crippen LogP contribution < -0.4 is 10.6 Å². The van der Waals surface area contributed by atoms with E-state index in [0.29, 0.717) is 19.5 Å². The molecule has 2 amide bonds. The Kier molecular flexibility index (Phi) is 5.09. The van der Waals surface area contributed by atoms with Crippen molar-refractivity contribution in [2.24, 2.45) is 0 Å². The van der Waals surface area contributed by atoms with E-state index in [0.717, 1.165) is 11.3 Å². The summed E-state index contributed by atoms with van der Waals surface area (Å²) in [5.74, 6) is -0.225. The molecular weight excluding hydrogens is 268 g/mol. The van der Waals surface area contributed by atoms with Crippen LogP contribution in [0, 0.1) is 0 Å². The van der Waals surface area contributed by atoms with Crippen molar-refractivity contribution in [2.75, 3.05) is 13.1 Å². The van der Waals surface area contributed by atoms with Gasteiger partial charge in [0.05, 0.1) is 11.9 Å². The predicted octanol–water partition coefficient (Wildman–Crippen LogP) is 0.990. The molecule has 6 nitrogen and oxygen atoms in total. The number of imidazole rings is 1. The van der Waals surface area contributed by atoms with E-state index in [1.165, 1.54) is 13.0 Å². The van der Waals surface area contributed by atoms with Gasteiger partial charge in [-0.25, -0.2) is 4.98 Å². The Bertz CT molecular complexity index is 660. The zero-order valence-electron chi connectivity index (χ0n) is 11.9. The molecule has 2 aromatic rings. The second kappa shape index (κ2) is 7.23. The van der Waals surface area contributed by atoms with Crippen molar-refractivity contribution < 1.29 is 9.59 Å². The minimum Gasteiger partial charge on any atom is -0.356 e. The third-order valence-corrected chi connectivity index (χ3v) is 2.88. The van der Waals surface area contributed by atoms with Crippen molar-refractivity contribution >= 4 is 23.5 Å². The predicted molar refractivity (Wildman–Crippen MR) is 80.5 cm³/mol. The number of hydrogen-bond acceptors (Lipinski definition) is 3. The number of carbonyl (C=O) groups is 2. The Labute approximate surface area is 122 Å². The van der Waals surface area contributed by atoms with Gasteiger partial charge < -0.3 is 15.0 Å². The van der Waals surface area contributed by atoms with Crippen LogP contribution in [0.25, 0.3) is 11.7 Å². The van der Waals surface area contributed by atoms with E-state index in [2.05, 4.69) is 15.6 Å². The molecule has 0 spiro atoms. The van der Waals surface area contributed by atoms with Crippen molar-refractivity contribution in [2.45, 2.75) is 13.3 Å². The summed E-state index contributed by atoms with van der Waals surface area (Å²) in [5.41, 5.74) is 1.69. The molecule has 2 heterocycles. The topological polar surface area (TPSA) is 75.5 Å². The summed E-state index contributed by atoms with van der Waals surface area (Å²) in [6, 6.07) is 5.73. The van der Waals surface area contributed by atoms with Crippen LogP contribution >= 0.6 is 0 Å². The van der Waals surface area contributed by atoms with Gasteiger partial charge in [0.2, 0.25) is 11.8 Å². The van der Waals surface area contributed by atoms with Crippen LogP contribution in [0.3, 0.4) is 0 Å². The van der Waals surface area contributed by atoms with Gasteiger partial charge in [-0.15, -0.1) is 0 Å². The summed E-state index contributed by atoms with van der Waals surface area (Å²) in [5, 5.41) is 5.43. The number of rotatable bonds is 6. The molecule has 21 heavy (non-hydrogen) atoms. The third-order valence-electron chi connectivity index (χ3n) is 2.88. The zero-order chi connectivity index (χ0) is 15.1. The van der Waals surface area contributed by atoms with Gasteiger partial charge in [0.25, 0.3) is 0 Å². The molecular formula is C15H18N4O2. The lowest BCUT2D eigenvalue weighted by molar-refractivity contribution is -0.119. The minimum atomic E-state index is -0.163. The van der Waals surface area contributed by atoms with Gasteiger partial charge in [-0.3, -0.25) is 9.59 Å². The molecule has 0 saturated carbocycles. The Morgan fingerprint density at radius 2 is 2.10 bits per heavy atom. The maximum absolute atomic E-state index is 11.7. The van der Waals surface area contributed by atoms with Crippen molar-refractivity contribution in [1.29, 1.82) is 0 Å². The highest BCUT2D eigenvalue weighted by Crippen LogP contribution is 2.07. The number of aromatic nitrogens is 2. The smallest absolute Gasteiger partial charge is 0.244 e. The Hall–Kier alpha value is -2.63. The molecule has 0 radical (unpaired) electrons. The number of amides is 2. The normalized spacial score (nSPS) is 10.9. The fraction of sp³-hybridized carbons (Fsp3) is 0.267. The maximum atomic E-state index is 11.7. The second-order valence-corrected chi connectivity index (χ2v) is 4.57. The number of nitrogens with zero attached hydrogens (tertiary/aromatic N) is 2. The molecule has 0 aromatic carbocycles. The van der Waals surface area contributed by atoms with E-state index < -0.39 is 0 Å². The number of nitrogens with one attached hydrogen (secondary N) is 2. The van der Waals surface area contributed by atoms with Crippen molar-refractivity contribution in [3.05, 3.63) is 42.4 Å². The van der Waals surface area contributed by atoms with Crippen LogP contribution in [0.2, 0.25) is 0 Å². The number of pyridine rings is 1. The first kappa shape index (κ1) is 14.8. The lowest BCUT2D eigenvalue weighted by atomic mass is 10.3. The first-order valence-electron chi connectivity index (χ1n) is 6.79. The van der Waals surface area contributed by atoms with Gasteiger partial charge in [-0.1, -0.05) is 6.07 Å². The lowest BCUT2D eigenvalue weighted by Gasteiger charge is -2.02. The van der Waals surface area contributed by atoms with E-state index in [1.807, 2.05) is 28.8 Å². The zero-order valence-corrected chi connectivity index (χ0v) is 11.9. The summed E-state index contributed by atoms with van der Waals surface area (Å²) in [7, 11) is 0. The first-order valence-corrected chi connectivity index (χ1v) is 6.79. The van der Waals surface area contributed by atoms with Crippen LogP contribution in [-0.2, 0) is 9.59 Å². The molecule has 0 aliphatic heterocycles. The number of fused-ring (bicyclic) bond motifs is 1. The Morgan fingerprint density at radius 3 is 2.90 bits per heavy atom. The maximum Gasteiger partial charge on any atom is 0.244 e. The molecule has 0 aliphatic rings. The van der Waals surface area contributed by atoms with Gasteiger partial charge in [0.1, 0.15) is 5.65 Å². The molecule has 0 aliphatic carbocycles. The molecule has 110 valence electrons. The fourth-order valence-corrected chi connectivity index (χ4v) is 1.86. The summed E-state index contributed by atoms with van der Waals surface area (Å²) in [6.45, 7) is 2.56. The van der Waals surface area contributed by atoms with E-state index in [4.69, 9.17) is 0 Å². The van der Waals surface area contributed by atoms with Crippen LogP contribution in [-0.4, -0.2) is 34.3 Å². The summed E-state index contributed by atoms with van der Waals surface area (Å²) in [4.78, 5) is 26.6. The standard InChI is InChI=1S/C15H18N4O2/c1-12(20)16-8-4-9-17-15(21)7-6-13-11-18-14-5-2-3-10-19(13)14/h2-3,5-7,10-11H,4,8-9H2,1H3,(H,16,20)(H,17,21)/b7-6+. The summed E-state index contributed by atoms with van der Waals surface area (Å²) >= 11 is 0. The fourth-order valence-electron chi connectivity index (χ4n) is 1.86. The Balaban J connectivity index is 1.81. The van der Waals surface area contributed by atoms with E-state index in [-0.39, 0.29) is 11.8 Å². The number of hydrogen-bond donors (Lipinski definition) is 2. The highest BCUT2D eigenvalue weighted by Gasteiger charge is 2.00. The van der Waals surface area contributed by atoms with Gasteiger partial charge in [0.15, 0.2) is 0 Å². The molecule has 2 aromatic heterocycles. The monoisotopic (exact) mass is 286 g/mol. The van der Waals surface area contributed by atoms with Crippen LogP contribution in [0.4, 0.5) is 0 Å². The average Bonchev–Trinajstić information content (AvgIpc) is 2.87. The summed E-state index contributed by atoms with van der Waals surface area (Å²) < 4.78 is 1.90. The molecule has 0 bridgehead atoms. The highest BCUT2D eigenvalue weighted by atomic mass is 16.2. The van der Waals surface area contributed by atoms with Gasteiger partial charge in [-0.05, 0) is 24.6 Å². The first-order chi connectivity index (χ1) is 10.2. The van der Waals surface area contributed by atoms with Crippen molar-refractivity contribution in [3.8, 4) is 0 Å². The largest absolute Gasteiger partial charge is 0.356 e. The average molecular weight is 286 g/mol. The van der Waals surface area contributed by atoms with E-state index >= 15 is 0 Å². The Morgan fingerprint density at radius 1 is 1.29 bits per heavy atom. The molecule has 0 unspecified atom stereocenters. The van der Waals surface area contributed by atoms with Crippen molar-refractivity contribution in [3.63, 3.8) is 0 Å². The van der Waals surface area contributed by atoms with Crippen molar-refractivity contribution in [1.82, 2.24) is 20.0 Å². The lowest BCUT2D eigenvalue weighted by Crippen LogP contribution is -2.27. The van der Waals surface area contributed by atoms with Crippen LogP contribution in [0.1, 0.15) is 19.0 Å². The SMILES string of the molecule is CC(=O)NCCCNC(=O)/C=C/c1cnc2ccccn12. The summed E-state index contributed by atoms with van der Waals surface area (Å²) in [6.07, 6.45) is 7.52. The van der Waals surface area contributed by atoms with Gasteiger partial charge in [0, 0.05) is 32.3 Å². The molecule has 0 saturated heterocycles. The van der Waals surface area contributed by atoms with Crippen LogP contribution in [0.15, 0.2) is 36.7 Å². The number of carbonyl (C=O) groups excluding carboxylic acids is 2. The van der Waals surface area contributed by atoms with E-state index in [1.54, 1.807) is 12.3 Å². The molecule has 2 rings (SSSR count). The minimum absolute atomic E-state index is 0.0613. The highest BCUT2D eigenvalue weighted by molar-refractivity contribution is 5.91. The molecule has 2 N–H and O–H groups in total. The second-order valence-electron chi connectivity index (χ2n) is 4.57. The van der Waals surface area contributed by atoms with E-state index in [9.17, 15) is 9.59 Å².